The van der Waals surface area contributed by atoms with E-state index in [1.165, 1.54) is 0 Å². The molecule has 0 atom stereocenters. The molecule has 0 fully saturated rings. The van der Waals surface area contributed by atoms with Crippen molar-refractivity contribution in [1.82, 2.24) is 0 Å². The van der Waals surface area contributed by atoms with Crippen LogP contribution in [0, 0.1) is 0 Å². The molecule has 0 saturated heterocycles. The Morgan fingerprint density at radius 3 is 1.96 bits per heavy atom. The highest BCUT2D eigenvalue weighted by atomic mass is 16.5. The van der Waals surface area contributed by atoms with Gasteiger partial charge in [0.15, 0.2) is 5.78 Å². The Hall–Kier alpha value is -2.49. The van der Waals surface area contributed by atoms with Gasteiger partial charge in [-0.25, -0.2) is 0 Å². The normalized spacial score (nSPS) is 11.1. The number of benzene rings is 2. The lowest BCUT2D eigenvalue weighted by molar-refractivity contribution is 0.0992. The Morgan fingerprint density at radius 2 is 1.48 bits per heavy atom. The first kappa shape index (κ1) is 18.8. The molecule has 0 amide bonds. The Bertz CT molecular complexity index is 735. The summed E-state index contributed by atoms with van der Waals surface area (Å²) in [5.74, 6) is 2.19. The third kappa shape index (κ3) is 4.53. The smallest absolute Gasteiger partial charge is 0.167 e. The molecule has 2 rings (SSSR count). The van der Waals surface area contributed by atoms with Crippen molar-refractivity contribution in [1.29, 1.82) is 0 Å². The van der Waals surface area contributed by atoms with Crippen LogP contribution in [0.1, 0.15) is 42.3 Å². The van der Waals surface area contributed by atoms with Gasteiger partial charge in [-0.1, -0.05) is 20.8 Å². The molecule has 0 bridgehead atoms. The SMILES string of the molecule is COc1cc(CC(=O)c2ccc(OC)c(C(C)(C)C)c2)cc(OC)c1. The molecule has 0 aliphatic heterocycles. The summed E-state index contributed by atoms with van der Waals surface area (Å²) in [7, 11) is 4.84. The zero-order valence-corrected chi connectivity index (χ0v) is 15.8. The molecule has 25 heavy (non-hydrogen) atoms. The summed E-state index contributed by atoms with van der Waals surface area (Å²) in [6.45, 7) is 6.31. The first-order chi connectivity index (χ1) is 11.8. The van der Waals surface area contributed by atoms with E-state index < -0.39 is 0 Å². The molecular formula is C21H26O4. The molecule has 0 aliphatic rings. The highest BCUT2D eigenvalue weighted by Crippen LogP contribution is 2.32. The number of hydrogen-bond donors (Lipinski definition) is 0. The average Bonchev–Trinajstić information content (AvgIpc) is 2.59. The van der Waals surface area contributed by atoms with Crippen molar-refractivity contribution in [3.8, 4) is 17.2 Å². The maximum atomic E-state index is 12.8. The Labute approximate surface area is 149 Å². The van der Waals surface area contributed by atoms with Gasteiger partial charge in [0.05, 0.1) is 21.3 Å². The van der Waals surface area contributed by atoms with Gasteiger partial charge in [-0.3, -0.25) is 4.79 Å². The summed E-state index contributed by atoms with van der Waals surface area (Å²) in [4.78, 5) is 12.8. The van der Waals surface area contributed by atoms with E-state index in [0.29, 0.717) is 17.1 Å². The van der Waals surface area contributed by atoms with Crippen LogP contribution in [0.3, 0.4) is 0 Å². The van der Waals surface area contributed by atoms with Crippen LogP contribution in [-0.4, -0.2) is 27.1 Å². The zero-order valence-electron chi connectivity index (χ0n) is 15.8. The van der Waals surface area contributed by atoms with Crippen molar-refractivity contribution in [3.63, 3.8) is 0 Å². The lowest BCUT2D eigenvalue weighted by Gasteiger charge is -2.22. The maximum absolute atomic E-state index is 12.8. The number of methoxy groups -OCH3 is 3. The van der Waals surface area contributed by atoms with Gasteiger partial charge in [0, 0.05) is 23.6 Å². The molecule has 0 saturated carbocycles. The number of hydrogen-bond acceptors (Lipinski definition) is 4. The number of carbonyl (C=O) groups excluding carboxylic acids is 1. The second kappa shape index (κ2) is 7.60. The minimum absolute atomic E-state index is 0.0449. The van der Waals surface area contributed by atoms with Gasteiger partial charge in [0.1, 0.15) is 17.2 Å². The maximum Gasteiger partial charge on any atom is 0.167 e. The zero-order chi connectivity index (χ0) is 18.6. The summed E-state index contributed by atoms with van der Waals surface area (Å²) in [6, 6.07) is 11.1. The molecule has 2 aromatic rings. The molecule has 0 aliphatic carbocycles. The molecule has 134 valence electrons. The second-order valence-corrected chi connectivity index (χ2v) is 6.99. The van der Waals surface area contributed by atoms with Crippen LogP contribution in [0.5, 0.6) is 17.2 Å². The van der Waals surface area contributed by atoms with E-state index >= 15 is 0 Å². The molecule has 0 N–H and O–H groups in total. The predicted octanol–water partition coefficient (Wildman–Crippen LogP) is 4.44. The van der Waals surface area contributed by atoms with Gasteiger partial charge in [-0.2, -0.15) is 0 Å². The first-order valence-corrected chi connectivity index (χ1v) is 8.22. The van der Waals surface area contributed by atoms with Crippen LogP contribution >= 0.6 is 0 Å². The van der Waals surface area contributed by atoms with Crippen molar-refractivity contribution < 1.29 is 19.0 Å². The van der Waals surface area contributed by atoms with E-state index in [9.17, 15) is 4.79 Å². The average molecular weight is 342 g/mol. The van der Waals surface area contributed by atoms with Crippen molar-refractivity contribution in [2.45, 2.75) is 32.6 Å². The predicted molar refractivity (Wildman–Crippen MR) is 99.3 cm³/mol. The minimum Gasteiger partial charge on any atom is -0.497 e. The quantitative estimate of drug-likeness (QED) is 0.728. The molecular weight excluding hydrogens is 316 g/mol. The number of ketones is 1. The molecule has 0 heterocycles. The fourth-order valence-electron chi connectivity index (χ4n) is 2.72. The monoisotopic (exact) mass is 342 g/mol. The van der Waals surface area contributed by atoms with E-state index in [4.69, 9.17) is 14.2 Å². The fourth-order valence-corrected chi connectivity index (χ4v) is 2.72. The van der Waals surface area contributed by atoms with Gasteiger partial charge in [0.25, 0.3) is 0 Å². The van der Waals surface area contributed by atoms with Crippen LogP contribution < -0.4 is 14.2 Å². The van der Waals surface area contributed by atoms with Crippen LogP contribution in [0.2, 0.25) is 0 Å². The van der Waals surface area contributed by atoms with E-state index in [2.05, 4.69) is 20.8 Å². The number of rotatable bonds is 6. The number of Topliss-reactive ketones (excluding diaryl/α,β-unsaturated/α-hetero) is 1. The molecule has 0 spiro atoms. The first-order valence-electron chi connectivity index (χ1n) is 8.22. The van der Waals surface area contributed by atoms with Crippen LogP contribution in [0.4, 0.5) is 0 Å². The summed E-state index contributed by atoms with van der Waals surface area (Å²) in [5.41, 5.74) is 2.44. The Balaban J connectivity index is 2.33. The summed E-state index contributed by atoms with van der Waals surface area (Å²) < 4.78 is 16.0. The number of ether oxygens (including phenoxy) is 3. The lowest BCUT2D eigenvalue weighted by atomic mass is 9.84. The molecule has 0 radical (unpaired) electrons. The van der Waals surface area contributed by atoms with E-state index in [-0.39, 0.29) is 17.6 Å². The second-order valence-electron chi connectivity index (χ2n) is 6.99. The van der Waals surface area contributed by atoms with Gasteiger partial charge in [-0.15, -0.1) is 0 Å². The van der Waals surface area contributed by atoms with E-state index in [1.54, 1.807) is 27.4 Å². The highest BCUT2D eigenvalue weighted by molar-refractivity contribution is 5.98. The minimum atomic E-state index is -0.110. The topological polar surface area (TPSA) is 44.8 Å². The highest BCUT2D eigenvalue weighted by Gasteiger charge is 2.21. The summed E-state index contributed by atoms with van der Waals surface area (Å²) >= 11 is 0. The third-order valence-electron chi connectivity index (χ3n) is 4.11. The van der Waals surface area contributed by atoms with Gasteiger partial charge in [-0.05, 0) is 41.3 Å². The number of carbonyl (C=O) groups is 1. The van der Waals surface area contributed by atoms with Gasteiger partial charge in [0.2, 0.25) is 0 Å². The van der Waals surface area contributed by atoms with E-state index in [1.807, 2.05) is 30.3 Å². The molecule has 0 unspecified atom stereocenters. The largest absolute Gasteiger partial charge is 0.497 e. The van der Waals surface area contributed by atoms with Crippen molar-refractivity contribution in [3.05, 3.63) is 53.1 Å². The van der Waals surface area contributed by atoms with Gasteiger partial charge < -0.3 is 14.2 Å². The standard InChI is InChI=1S/C21H26O4/c1-21(2,3)18-12-15(7-8-20(18)25-6)19(22)11-14-9-16(23-4)13-17(10-14)24-5/h7-10,12-13H,11H2,1-6H3. The molecule has 0 aromatic heterocycles. The van der Waals surface area contributed by atoms with Crippen molar-refractivity contribution in [2.75, 3.05) is 21.3 Å². The molecule has 4 heteroatoms. The van der Waals surface area contributed by atoms with Crippen LogP contribution in [-0.2, 0) is 11.8 Å². The van der Waals surface area contributed by atoms with Crippen LogP contribution in [0.25, 0.3) is 0 Å². The summed E-state index contributed by atoms with van der Waals surface area (Å²) in [6.07, 6.45) is 0.281. The molecule has 4 nitrogen and oxygen atoms in total. The van der Waals surface area contributed by atoms with E-state index in [0.717, 1.165) is 16.9 Å². The fraction of sp³-hybridized carbons (Fsp3) is 0.381. The van der Waals surface area contributed by atoms with Crippen molar-refractivity contribution >= 4 is 5.78 Å². The molecule has 2 aromatic carbocycles. The lowest BCUT2D eigenvalue weighted by Crippen LogP contribution is -2.14. The van der Waals surface area contributed by atoms with Crippen molar-refractivity contribution in [2.24, 2.45) is 0 Å². The Kier molecular flexibility index (Phi) is 5.73. The van der Waals surface area contributed by atoms with Crippen LogP contribution in [0.15, 0.2) is 36.4 Å². The Morgan fingerprint density at radius 1 is 0.880 bits per heavy atom. The summed E-state index contributed by atoms with van der Waals surface area (Å²) in [5, 5.41) is 0. The third-order valence-corrected chi connectivity index (χ3v) is 4.11. The van der Waals surface area contributed by atoms with Gasteiger partial charge >= 0.3 is 0 Å².